The van der Waals surface area contributed by atoms with Gasteiger partial charge in [-0.1, -0.05) is 0 Å². The first-order valence-electron chi connectivity index (χ1n) is 2.50. The average Bonchev–Trinajstić information content (AvgIpc) is 1.60. The summed E-state index contributed by atoms with van der Waals surface area (Å²) in [6, 6.07) is -1.62. The number of halogens is 4. The Hall–Kier alpha value is -0.100. The van der Waals surface area contributed by atoms with Crippen molar-refractivity contribution in [2.45, 2.75) is 19.4 Å². The molecule has 6 heteroatoms. The minimum absolute atomic E-state index is 0.524. The van der Waals surface area contributed by atoms with Gasteiger partial charge in [-0.2, -0.15) is 0 Å². The average molecular weight is 221 g/mol. The lowest BCUT2D eigenvalue weighted by molar-refractivity contribution is -1.28. The molecular weight excluding hydrogens is 215 g/mol. The van der Waals surface area contributed by atoms with Crippen molar-refractivity contribution >= 4 is 20.6 Å². The summed E-state index contributed by atoms with van der Waals surface area (Å²) in [5, 5.41) is -3.67. The number of carbonyl (C=O) groups is 1. The van der Waals surface area contributed by atoms with Crippen molar-refractivity contribution in [1.29, 1.82) is 0 Å². The van der Waals surface area contributed by atoms with Gasteiger partial charge in [-0.15, -0.1) is 0 Å². The second kappa shape index (κ2) is 3.34. The largest absolute Gasteiger partial charge is 0.286 e. The van der Waals surface area contributed by atoms with E-state index in [0.29, 0.717) is 0 Å². The second-order valence-electron chi connectivity index (χ2n) is 1.89. The predicted molar refractivity (Wildman–Crippen MR) is 31.6 cm³/mol. The molecule has 0 rings (SSSR count). The molecule has 60 valence electrons. The normalized spacial score (nSPS) is 14.9. The standard InChI is InChI=1S/C4H6BrF3NO/c1-3(2-4(5)10)9(6,7)8/h3H,2H2,1H3/q+1/t3-/m1/s1. The van der Waals surface area contributed by atoms with E-state index in [1.165, 1.54) is 0 Å². The van der Waals surface area contributed by atoms with Gasteiger partial charge in [-0.05, 0) is 22.9 Å². The van der Waals surface area contributed by atoms with Crippen LogP contribution in [-0.2, 0) is 4.79 Å². The highest BCUT2D eigenvalue weighted by molar-refractivity contribution is 9.18. The van der Waals surface area contributed by atoms with E-state index in [9.17, 15) is 18.2 Å². The number of rotatable bonds is 3. The molecule has 0 fully saturated rings. The van der Waals surface area contributed by atoms with Crippen LogP contribution in [0.1, 0.15) is 13.3 Å². The van der Waals surface area contributed by atoms with E-state index in [4.69, 9.17) is 0 Å². The van der Waals surface area contributed by atoms with Gasteiger partial charge in [0, 0.05) is 0 Å². The van der Waals surface area contributed by atoms with Gasteiger partial charge in [0.15, 0.2) is 0 Å². The maximum absolute atomic E-state index is 11.6. The van der Waals surface area contributed by atoms with Crippen molar-refractivity contribution in [3.63, 3.8) is 0 Å². The highest BCUT2D eigenvalue weighted by Crippen LogP contribution is 2.20. The van der Waals surface area contributed by atoms with Crippen LogP contribution in [0.3, 0.4) is 0 Å². The smallest absolute Gasteiger partial charge is 0.247 e. The van der Waals surface area contributed by atoms with Crippen LogP contribution in [0, 0.1) is 0 Å². The molecule has 0 N–H and O–H groups in total. The lowest BCUT2D eigenvalue weighted by Gasteiger charge is -2.06. The Bertz CT molecular complexity index is 135. The number of nitrogens with zero attached hydrogens (tertiary/aromatic N) is 1. The fraction of sp³-hybridized carbons (Fsp3) is 0.750. The third-order valence-corrected chi connectivity index (χ3v) is 1.28. The maximum Gasteiger partial charge on any atom is 0.247 e. The minimum atomic E-state index is -3.67. The van der Waals surface area contributed by atoms with Crippen LogP contribution in [0.25, 0.3) is 0 Å². The molecule has 10 heavy (non-hydrogen) atoms. The zero-order chi connectivity index (χ0) is 8.36. The molecule has 0 aromatic heterocycles. The summed E-state index contributed by atoms with van der Waals surface area (Å²) in [5.41, 5.74) is 0. The monoisotopic (exact) mass is 220 g/mol. The van der Waals surface area contributed by atoms with Gasteiger partial charge in [0.05, 0.1) is 19.9 Å². The van der Waals surface area contributed by atoms with Gasteiger partial charge in [0.25, 0.3) is 0 Å². The van der Waals surface area contributed by atoms with Crippen LogP contribution < -0.4 is 0 Å². The van der Waals surface area contributed by atoms with Crippen LogP contribution in [-0.4, -0.2) is 15.9 Å². The van der Waals surface area contributed by atoms with Crippen LogP contribution >= 0.6 is 15.9 Å². The summed E-state index contributed by atoms with van der Waals surface area (Å²) < 4.78 is 34.1. The summed E-state index contributed by atoms with van der Waals surface area (Å²) in [5.74, 6) is 0. The summed E-state index contributed by atoms with van der Waals surface area (Å²) in [6.45, 7) is 0.944. The lowest BCUT2D eigenvalue weighted by Crippen LogP contribution is -2.31. The predicted octanol–water partition coefficient (Wildman–Crippen LogP) is 2.16. The van der Waals surface area contributed by atoms with E-state index < -0.39 is 22.3 Å². The number of hydrogen-bond donors (Lipinski definition) is 0. The molecular formula is C4H6BrF3NO+. The van der Waals surface area contributed by atoms with E-state index in [-0.39, 0.29) is 0 Å². The Labute approximate surface area is 64.1 Å². The van der Waals surface area contributed by atoms with Crippen LogP contribution in [0.2, 0.25) is 0 Å². The molecule has 0 spiro atoms. The van der Waals surface area contributed by atoms with Crippen molar-refractivity contribution in [1.82, 2.24) is 0 Å². The summed E-state index contributed by atoms with van der Waals surface area (Å²) in [6.07, 6.45) is -0.524. The Balaban J connectivity index is 3.85. The topological polar surface area (TPSA) is 17.1 Å². The molecule has 0 heterocycles. The Morgan fingerprint density at radius 3 is 2.10 bits per heavy atom. The van der Waals surface area contributed by atoms with Gasteiger partial charge in [0.2, 0.25) is 15.9 Å². The zero-order valence-electron chi connectivity index (χ0n) is 5.15. The van der Waals surface area contributed by atoms with Crippen molar-refractivity contribution in [3.8, 4) is 0 Å². The Morgan fingerprint density at radius 2 is 2.00 bits per heavy atom. The summed E-state index contributed by atoms with van der Waals surface area (Å²) in [7, 11) is 0. The summed E-state index contributed by atoms with van der Waals surface area (Å²) >= 11 is 2.42. The molecule has 0 aromatic carbocycles. The first kappa shape index (κ1) is 9.90. The van der Waals surface area contributed by atoms with Crippen molar-refractivity contribution < 1.29 is 23.4 Å². The molecule has 0 aliphatic rings. The highest BCUT2D eigenvalue weighted by Gasteiger charge is 2.40. The zero-order valence-corrected chi connectivity index (χ0v) is 6.74. The Kier molecular flexibility index (Phi) is 3.30. The molecule has 0 saturated carbocycles. The first-order valence-corrected chi connectivity index (χ1v) is 3.29. The second-order valence-corrected chi connectivity index (χ2v) is 2.78. The van der Waals surface area contributed by atoms with Gasteiger partial charge >= 0.3 is 0 Å². The van der Waals surface area contributed by atoms with Crippen LogP contribution in [0.4, 0.5) is 13.4 Å². The molecule has 1 atom stereocenters. The maximum atomic E-state index is 11.6. The SMILES string of the molecule is C[C@H](CC(=O)Br)[N+](F)(F)F. The quantitative estimate of drug-likeness (QED) is 0.527. The minimum Gasteiger partial charge on any atom is -0.286 e. The van der Waals surface area contributed by atoms with Gasteiger partial charge in [-0.25, -0.2) is 0 Å². The third kappa shape index (κ3) is 3.84. The van der Waals surface area contributed by atoms with Crippen molar-refractivity contribution in [3.05, 3.63) is 0 Å². The molecule has 0 aromatic rings. The number of hydrogen-bond acceptors (Lipinski definition) is 1. The van der Waals surface area contributed by atoms with E-state index in [1.807, 2.05) is 0 Å². The molecule has 0 unspecified atom stereocenters. The molecule has 0 aliphatic carbocycles. The van der Waals surface area contributed by atoms with Gasteiger partial charge in [-0.3, -0.25) is 4.79 Å². The van der Waals surface area contributed by atoms with Gasteiger partial charge in [0.1, 0.15) is 0 Å². The fourth-order valence-electron chi connectivity index (χ4n) is 0.336. The summed E-state index contributed by atoms with van der Waals surface area (Å²) in [4.78, 5) is 10.1. The van der Waals surface area contributed by atoms with Gasteiger partial charge < -0.3 is 0 Å². The Morgan fingerprint density at radius 1 is 1.60 bits per heavy atom. The van der Waals surface area contributed by atoms with Crippen molar-refractivity contribution in [2.75, 3.05) is 0 Å². The number of carbonyl (C=O) groups excluding carboxylic acids is 1. The van der Waals surface area contributed by atoms with Crippen molar-refractivity contribution in [2.24, 2.45) is 0 Å². The molecule has 0 aliphatic heterocycles. The third-order valence-electron chi connectivity index (χ3n) is 0.956. The highest BCUT2D eigenvalue weighted by atomic mass is 79.9. The number of quaternary nitrogens is 1. The first-order chi connectivity index (χ1) is 4.34. The van der Waals surface area contributed by atoms with E-state index >= 15 is 0 Å². The molecule has 0 amide bonds. The lowest BCUT2D eigenvalue weighted by atomic mass is 10.3. The molecule has 0 radical (unpaired) electrons. The van der Waals surface area contributed by atoms with Crippen LogP contribution in [0.15, 0.2) is 0 Å². The molecule has 0 saturated heterocycles. The van der Waals surface area contributed by atoms with E-state index in [1.54, 1.807) is 0 Å². The molecule has 0 bridgehead atoms. The van der Waals surface area contributed by atoms with E-state index in [0.717, 1.165) is 6.92 Å². The van der Waals surface area contributed by atoms with Crippen LogP contribution in [0.5, 0.6) is 0 Å². The molecule has 2 nitrogen and oxygen atoms in total. The van der Waals surface area contributed by atoms with E-state index in [2.05, 4.69) is 15.9 Å². The fourth-order valence-corrected chi connectivity index (χ4v) is 0.804.